The second-order valence-electron chi connectivity index (χ2n) is 5.91. The Morgan fingerprint density at radius 1 is 1.13 bits per heavy atom. The first-order valence-corrected chi connectivity index (χ1v) is 9.34. The van der Waals surface area contributed by atoms with Crippen molar-refractivity contribution in [3.63, 3.8) is 0 Å². The molecule has 0 aliphatic carbocycles. The van der Waals surface area contributed by atoms with Crippen LogP contribution in [0.2, 0.25) is 0 Å². The lowest BCUT2D eigenvalue weighted by molar-refractivity contribution is 0.0991. The van der Waals surface area contributed by atoms with Crippen LogP contribution in [-0.4, -0.2) is 19.9 Å². The highest BCUT2D eigenvalue weighted by Gasteiger charge is 2.26. The van der Waals surface area contributed by atoms with Gasteiger partial charge in [-0.1, -0.05) is 12.1 Å². The van der Waals surface area contributed by atoms with Gasteiger partial charge < -0.3 is 9.73 Å². The molecule has 0 atom stereocenters. The summed E-state index contributed by atoms with van der Waals surface area (Å²) < 4.78 is 32.9. The lowest BCUT2D eigenvalue weighted by atomic mass is 10.1. The minimum atomic E-state index is -3.81. The monoisotopic (exact) mass is 448 g/mol. The van der Waals surface area contributed by atoms with Gasteiger partial charge in [0, 0.05) is 9.11 Å². The molecule has 0 saturated heterocycles. The lowest BCUT2D eigenvalue weighted by Crippen LogP contribution is -2.40. The van der Waals surface area contributed by atoms with Gasteiger partial charge in [0.1, 0.15) is 0 Å². The van der Waals surface area contributed by atoms with Crippen LogP contribution in [0.4, 0.5) is 5.69 Å². The molecule has 2 rings (SSSR count). The third kappa shape index (κ3) is 4.79. The van der Waals surface area contributed by atoms with Gasteiger partial charge in [0.15, 0.2) is 5.76 Å². The van der Waals surface area contributed by atoms with Gasteiger partial charge >= 0.3 is 0 Å². The fourth-order valence-electron chi connectivity index (χ4n) is 1.79. The molecule has 0 aliphatic heterocycles. The van der Waals surface area contributed by atoms with Crippen LogP contribution in [0.25, 0.3) is 0 Å². The Morgan fingerprint density at radius 3 is 2.39 bits per heavy atom. The molecule has 2 aromatic rings. The molecule has 124 valence electrons. The van der Waals surface area contributed by atoms with Crippen molar-refractivity contribution in [3.8, 4) is 0 Å². The number of amides is 1. The van der Waals surface area contributed by atoms with E-state index in [1.165, 1.54) is 12.1 Å². The molecule has 0 fully saturated rings. The Balaban J connectivity index is 2.19. The Morgan fingerprint density at radius 2 is 1.78 bits per heavy atom. The summed E-state index contributed by atoms with van der Waals surface area (Å²) in [6.07, 6.45) is 0. The topological polar surface area (TPSA) is 88.4 Å². The van der Waals surface area contributed by atoms with Crippen molar-refractivity contribution < 1.29 is 17.6 Å². The van der Waals surface area contributed by atoms with E-state index in [1.54, 1.807) is 32.9 Å². The number of sulfonamides is 1. The minimum absolute atomic E-state index is 0.0704. The van der Waals surface area contributed by atoms with Gasteiger partial charge in [-0.15, -0.1) is 0 Å². The maximum Gasteiger partial charge on any atom is 0.291 e. The third-order valence-electron chi connectivity index (χ3n) is 2.63. The SMILES string of the molecule is CC(C)(C)NS(=O)(=O)c1ccc(C(=O)Nc2ccccc2I)o1. The number of hydrogen-bond donors (Lipinski definition) is 2. The Labute approximate surface area is 148 Å². The minimum Gasteiger partial charge on any atom is -0.438 e. The van der Waals surface area contributed by atoms with E-state index >= 15 is 0 Å². The molecule has 1 aromatic carbocycles. The van der Waals surface area contributed by atoms with Crippen molar-refractivity contribution in [2.24, 2.45) is 0 Å². The summed E-state index contributed by atoms with van der Waals surface area (Å²) in [4.78, 5) is 12.2. The van der Waals surface area contributed by atoms with Gasteiger partial charge in [0.25, 0.3) is 15.9 Å². The van der Waals surface area contributed by atoms with E-state index in [1.807, 2.05) is 12.1 Å². The quantitative estimate of drug-likeness (QED) is 0.704. The highest BCUT2D eigenvalue weighted by molar-refractivity contribution is 14.1. The normalized spacial score (nSPS) is 12.2. The summed E-state index contributed by atoms with van der Waals surface area (Å²) in [6.45, 7) is 5.16. The molecule has 0 spiro atoms. The number of halogens is 1. The molecule has 1 heterocycles. The summed E-state index contributed by atoms with van der Waals surface area (Å²) in [5, 5.41) is 2.39. The number of carbonyl (C=O) groups is 1. The molecular formula is C15H17IN2O4S. The predicted octanol–water partition coefficient (Wildman–Crippen LogP) is 3.21. The first-order valence-electron chi connectivity index (χ1n) is 6.78. The van der Waals surface area contributed by atoms with Crippen LogP contribution in [0.1, 0.15) is 31.3 Å². The molecule has 0 unspecified atom stereocenters. The summed E-state index contributed by atoms with van der Waals surface area (Å²) in [5.74, 6) is -0.578. The first-order chi connectivity index (χ1) is 10.6. The van der Waals surface area contributed by atoms with Crippen molar-refractivity contribution in [2.45, 2.75) is 31.4 Å². The van der Waals surface area contributed by atoms with Crippen LogP contribution >= 0.6 is 22.6 Å². The summed E-state index contributed by atoms with van der Waals surface area (Å²) in [6, 6.07) is 9.85. The molecule has 2 N–H and O–H groups in total. The van der Waals surface area contributed by atoms with Crippen molar-refractivity contribution in [1.82, 2.24) is 4.72 Å². The molecule has 0 radical (unpaired) electrons. The maximum absolute atomic E-state index is 12.2. The summed E-state index contributed by atoms with van der Waals surface area (Å²) in [7, 11) is -3.81. The molecule has 1 amide bonds. The molecule has 0 bridgehead atoms. The van der Waals surface area contributed by atoms with Gasteiger partial charge in [0.05, 0.1) is 5.69 Å². The number of benzene rings is 1. The molecule has 23 heavy (non-hydrogen) atoms. The van der Waals surface area contributed by atoms with Crippen molar-refractivity contribution in [3.05, 3.63) is 45.7 Å². The van der Waals surface area contributed by atoms with Crippen LogP contribution in [0.15, 0.2) is 45.9 Å². The van der Waals surface area contributed by atoms with Crippen molar-refractivity contribution in [1.29, 1.82) is 0 Å². The summed E-state index contributed by atoms with van der Waals surface area (Å²) in [5.41, 5.74) is -0.0134. The van der Waals surface area contributed by atoms with E-state index < -0.39 is 21.5 Å². The zero-order valence-electron chi connectivity index (χ0n) is 12.9. The third-order valence-corrected chi connectivity index (χ3v) is 5.20. The van der Waals surface area contributed by atoms with E-state index in [0.717, 1.165) is 3.57 Å². The smallest absolute Gasteiger partial charge is 0.291 e. The van der Waals surface area contributed by atoms with E-state index in [9.17, 15) is 13.2 Å². The van der Waals surface area contributed by atoms with Crippen LogP contribution in [0, 0.1) is 3.57 Å². The maximum atomic E-state index is 12.2. The van der Waals surface area contributed by atoms with Crippen LogP contribution < -0.4 is 10.0 Å². The Bertz CT molecular complexity index is 822. The van der Waals surface area contributed by atoms with E-state index in [-0.39, 0.29) is 10.9 Å². The highest BCUT2D eigenvalue weighted by atomic mass is 127. The van der Waals surface area contributed by atoms with E-state index in [4.69, 9.17) is 4.42 Å². The second kappa shape index (κ2) is 6.62. The van der Waals surface area contributed by atoms with E-state index in [2.05, 4.69) is 32.6 Å². The summed E-state index contributed by atoms with van der Waals surface area (Å²) >= 11 is 2.09. The highest BCUT2D eigenvalue weighted by Crippen LogP contribution is 2.20. The van der Waals surface area contributed by atoms with Crippen molar-refractivity contribution >= 4 is 44.2 Å². The van der Waals surface area contributed by atoms with E-state index in [0.29, 0.717) is 5.69 Å². The fourth-order valence-corrected chi connectivity index (χ4v) is 3.66. The molecule has 6 nitrogen and oxygen atoms in total. The second-order valence-corrected chi connectivity index (χ2v) is 8.68. The first kappa shape index (κ1) is 18.0. The van der Waals surface area contributed by atoms with Gasteiger partial charge in [-0.05, 0) is 67.6 Å². The number of hydrogen-bond acceptors (Lipinski definition) is 4. The number of carbonyl (C=O) groups excluding carboxylic acids is 1. The average Bonchev–Trinajstić information content (AvgIpc) is 2.89. The van der Waals surface area contributed by atoms with Gasteiger partial charge in [-0.25, -0.2) is 13.1 Å². The average molecular weight is 448 g/mol. The number of para-hydroxylation sites is 1. The van der Waals surface area contributed by atoms with Gasteiger partial charge in [0.2, 0.25) is 5.09 Å². The lowest BCUT2D eigenvalue weighted by Gasteiger charge is -2.18. The molecule has 0 saturated carbocycles. The zero-order valence-corrected chi connectivity index (χ0v) is 15.9. The Hall–Kier alpha value is -1.39. The van der Waals surface area contributed by atoms with Gasteiger partial charge in [-0.3, -0.25) is 4.79 Å². The molecule has 8 heteroatoms. The number of rotatable bonds is 4. The fraction of sp³-hybridized carbons (Fsp3) is 0.267. The molecule has 0 aliphatic rings. The van der Waals surface area contributed by atoms with Crippen LogP contribution in [-0.2, 0) is 10.0 Å². The largest absolute Gasteiger partial charge is 0.438 e. The molecule has 1 aromatic heterocycles. The standard InChI is InChI=1S/C15H17IN2O4S/c1-15(2,3)18-23(20,21)13-9-8-12(22-13)14(19)17-11-7-5-4-6-10(11)16/h4-9,18H,1-3H3,(H,17,19). The number of anilines is 1. The Kier molecular flexibility index (Phi) is 5.17. The van der Waals surface area contributed by atoms with Crippen molar-refractivity contribution in [2.75, 3.05) is 5.32 Å². The number of nitrogens with one attached hydrogen (secondary N) is 2. The number of furan rings is 1. The van der Waals surface area contributed by atoms with Gasteiger partial charge in [-0.2, -0.15) is 0 Å². The van der Waals surface area contributed by atoms with Crippen LogP contribution in [0.3, 0.4) is 0 Å². The predicted molar refractivity (Wildman–Crippen MR) is 95.9 cm³/mol. The zero-order chi connectivity index (χ0) is 17.3. The molecular weight excluding hydrogens is 431 g/mol. The van der Waals surface area contributed by atoms with Crippen LogP contribution in [0.5, 0.6) is 0 Å².